The van der Waals surface area contributed by atoms with Crippen molar-refractivity contribution in [2.24, 2.45) is 0 Å². The van der Waals surface area contributed by atoms with Gasteiger partial charge in [0, 0.05) is 17.9 Å². The summed E-state index contributed by atoms with van der Waals surface area (Å²) in [4.78, 5) is 41.7. The molecule has 1 aromatic carbocycles. The van der Waals surface area contributed by atoms with Crippen LogP contribution in [0.5, 0.6) is 0 Å². The van der Waals surface area contributed by atoms with Gasteiger partial charge in [-0.05, 0) is 55.8 Å². The van der Waals surface area contributed by atoms with Crippen LogP contribution >= 0.6 is 22.9 Å². The predicted octanol–water partition coefficient (Wildman–Crippen LogP) is 7.62. The van der Waals surface area contributed by atoms with Crippen molar-refractivity contribution in [3.05, 3.63) is 57.1 Å². The molecule has 3 heterocycles. The molecule has 41 heavy (non-hydrogen) atoms. The normalized spacial score (nSPS) is 15.3. The van der Waals surface area contributed by atoms with Crippen LogP contribution in [-0.2, 0) is 19.1 Å². The minimum Gasteiger partial charge on any atom is -0.472 e. The Kier molecular flexibility index (Phi) is 19.4. The molecule has 2 fully saturated rings. The molecule has 8 nitrogen and oxygen atoms in total. The molecule has 3 amide bonds. The van der Waals surface area contributed by atoms with Crippen LogP contribution in [-0.4, -0.2) is 62.1 Å². The van der Waals surface area contributed by atoms with E-state index in [4.69, 9.17) is 21.1 Å². The summed E-state index contributed by atoms with van der Waals surface area (Å²) < 4.78 is 11.8. The Labute approximate surface area is 255 Å². The third-order valence-corrected chi connectivity index (χ3v) is 6.59. The van der Waals surface area contributed by atoms with Crippen LogP contribution in [0.2, 0.25) is 4.34 Å². The van der Waals surface area contributed by atoms with Gasteiger partial charge in [-0.2, -0.15) is 0 Å². The van der Waals surface area contributed by atoms with Gasteiger partial charge >= 0.3 is 0 Å². The van der Waals surface area contributed by atoms with Gasteiger partial charge in [0.25, 0.3) is 11.8 Å². The van der Waals surface area contributed by atoms with Crippen LogP contribution in [0, 0.1) is 0 Å². The molecule has 2 aliphatic rings. The minimum atomic E-state index is -0.401. The van der Waals surface area contributed by atoms with E-state index in [1.54, 1.807) is 17.0 Å². The van der Waals surface area contributed by atoms with E-state index in [1.165, 1.54) is 0 Å². The Balaban J connectivity index is 0.00000184. The second-order valence-electron chi connectivity index (χ2n) is 7.94. The maximum Gasteiger partial charge on any atom is 0.270 e. The number of ether oxygens (including phenoxy) is 2. The summed E-state index contributed by atoms with van der Waals surface area (Å²) in [5.74, 6) is 0.226. The van der Waals surface area contributed by atoms with E-state index < -0.39 is 5.91 Å². The number of morpholine rings is 1. The molecule has 0 bridgehead atoms. The summed E-state index contributed by atoms with van der Waals surface area (Å²) in [6.07, 6.45) is 0.137. The molecule has 4 rings (SSSR count). The van der Waals surface area contributed by atoms with Gasteiger partial charge in [-0.25, -0.2) is 0 Å². The number of rotatable bonds is 6. The number of hydrogen-bond donors (Lipinski definition) is 0. The van der Waals surface area contributed by atoms with Gasteiger partial charge in [0.15, 0.2) is 5.88 Å². The lowest BCUT2D eigenvalue weighted by molar-refractivity contribution is -0.125. The Morgan fingerprint density at radius 1 is 0.976 bits per heavy atom. The van der Waals surface area contributed by atoms with Gasteiger partial charge in [-0.15, -0.1) is 11.3 Å². The van der Waals surface area contributed by atoms with Crippen molar-refractivity contribution in [1.29, 1.82) is 0 Å². The monoisotopic (exact) mass is 609 g/mol. The first-order valence-electron chi connectivity index (χ1n) is 14.5. The Bertz CT molecular complexity index is 1080. The second-order valence-corrected chi connectivity index (χ2v) is 9.65. The summed E-state index contributed by atoms with van der Waals surface area (Å²) in [5.41, 5.74) is 2.68. The molecule has 0 saturated carbocycles. The zero-order valence-electron chi connectivity index (χ0n) is 26.3. The fraction of sp³-hybridized carbons (Fsp3) is 0.516. The number of anilines is 2. The lowest BCUT2D eigenvalue weighted by atomic mass is 10.2. The molecular formula is C31H48ClN3O5S. The van der Waals surface area contributed by atoms with Crippen LogP contribution in [0.15, 0.2) is 47.9 Å². The third kappa shape index (κ3) is 10.8. The van der Waals surface area contributed by atoms with E-state index in [2.05, 4.69) is 0 Å². The molecule has 1 aromatic heterocycles. The van der Waals surface area contributed by atoms with Crippen molar-refractivity contribution >= 4 is 52.5 Å². The van der Waals surface area contributed by atoms with Gasteiger partial charge in [-0.3, -0.25) is 19.3 Å². The molecule has 10 heteroatoms. The van der Waals surface area contributed by atoms with Gasteiger partial charge < -0.3 is 19.3 Å². The topological polar surface area (TPSA) is 79.4 Å². The molecule has 2 aromatic rings. The van der Waals surface area contributed by atoms with Crippen LogP contribution in [0.4, 0.5) is 11.4 Å². The van der Waals surface area contributed by atoms with E-state index in [9.17, 15) is 14.4 Å². The van der Waals surface area contributed by atoms with Crippen LogP contribution in [0.25, 0.3) is 0 Å². The highest BCUT2D eigenvalue weighted by molar-refractivity contribution is 7.18. The smallest absolute Gasteiger partial charge is 0.270 e. The summed E-state index contributed by atoms with van der Waals surface area (Å²) in [7, 11) is 0. The quantitative estimate of drug-likeness (QED) is 0.313. The summed E-state index contributed by atoms with van der Waals surface area (Å²) in [6, 6.07) is 10.9. The predicted molar refractivity (Wildman–Crippen MR) is 172 cm³/mol. The SMILES string of the molecule is CC.CC.CC.CC.CC(C)=C1OC(CN(C=O)C(=O)c2ccc(Cl)s2)CN1c1ccc(N2CCOCC2=O)cc1. The number of imide groups is 1. The maximum absolute atomic E-state index is 12.7. The first kappa shape index (κ1) is 38.1. The van der Waals surface area contributed by atoms with Crippen LogP contribution in [0.1, 0.15) is 78.9 Å². The number of carbonyl (C=O) groups excluding carboxylic acids is 3. The van der Waals surface area contributed by atoms with Gasteiger partial charge in [0.2, 0.25) is 6.41 Å². The highest BCUT2D eigenvalue weighted by Crippen LogP contribution is 2.32. The van der Waals surface area contributed by atoms with E-state index in [0.717, 1.165) is 33.2 Å². The Morgan fingerprint density at radius 3 is 2.00 bits per heavy atom. The van der Waals surface area contributed by atoms with Crippen molar-refractivity contribution in [2.45, 2.75) is 75.3 Å². The highest BCUT2D eigenvalue weighted by Gasteiger charge is 2.33. The fourth-order valence-electron chi connectivity index (χ4n) is 3.82. The van der Waals surface area contributed by atoms with E-state index in [0.29, 0.717) is 41.2 Å². The fourth-order valence-corrected chi connectivity index (χ4v) is 4.82. The zero-order chi connectivity index (χ0) is 31.5. The molecule has 1 unspecified atom stereocenters. The van der Waals surface area contributed by atoms with Gasteiger partial charge in [-0.1, -0.05) is 67.0 Å². The molecule has 2 aliphatic heterocycles. The molecular weight excluding hydrogens is 562 g/mol. The van der Waals surface area contributed by atoms with Crippen molar-refractivity contribution in [1.82, 2.24) is 4.90 Å². The van der Waals surface area contributed by atoms with Crippen LogP contribution in [0.3, 0.4) is 0 Å². The van der Waals surface area contributed by atoms with E-state index >= 15 is 0 Å². The number of allylic oxidation sites excluding steroid dienone is 1. The van der Waals surface area contributed by atoms with Crippen molar-refractivity contribution in [3.63, 3.8) is 0 Å². The van der Waals surface area contributed by atoms with Crippen LogP contribution < -0.4 is 9.80 Å². The number of amides is 3. The molecule has 0 N–H and O–H groups in total. The average molecular weight is 610 g/mol. The number of benzene rings is 1. The Morgan fingerprint density at radius 2 is 1.54 bits per heavy atom. The van der Waals surface area contributed by atoms with Crippen molar-refractivity contribution in [3.8, 4) is 0 Å². The molecule has 230 valence electrons. The van der Waals surface area contributed by atoms with E-state index in [1.807, 2.05) is 98.4 Å². The molecule has 1 atom stereocenters. The minimum absolute atomic E-state index is 0.0609. The maximum atomic E-state index is 12.7. The molecule has 2 saturated heterocycles. The highest BCUT2D eigenvalue weighted by atomic mass is 35.5. The second kappa shape index (κ2) is 20.9. The number of carbonyl (C=O) groups is 3. The van der Waals surface area contributed by atoms with E-state index in [-0.39, 0.29) is 25.2 Å². The third-order valence-electron chi connectivity index (χ3n) is 5.37. The van der Waals surface area contributed by atoms with Gasteiger partial charge in [0.1, 0.15) is 12.7 Å². The first-order valence-corrected chi connectivity index (χ1v) is 15.7. The number of halogens is 1. The zero-order valence-corrected chi connectivity index (χ0v) is 27.9. The molecule has 0 aliphatic carbocycles. The molecule has 0 spiro atoms. The standard InChI is InChI=1S/C23H24ClN3O5S.4C2H6/c1-15(2)23-27(17-5-3-16(4-6-17)26-9-10-31-13-21(26)29)12-18(32-23)11-25(14-28)22(30)19-7-8-20(24)33-19;4*1-2/h3-8,14,18H,9-13H2,1-2H3;4*1-2H3. The summed E-state index contributed by atoms with van der Waals surface area (Å²) >= 11 is 7.06. The lowest BCUT2D eigenvalue weighted by Crippen LogP contribution is -2.41. The largest absolute Gasteiger partial charge is 0.472 e. The molecule has 0 radical (unpaired) electrons. The first-order chi connectivity index (χ1) is 19.9. The Hall–Kier alpha value is -2.88. The lowest BCUT2D eigenvalue weighted by Gasteiger charge is -2.27. The number of hydrogen-bond acceptors (Lipinski definition) is 7. The number of thiophene rings is 1. The summed E-state index contributed by atoms with van der Waals surface area (Å²) in [5, 5.41) is 0. The average Bonchev–Trinajstić information content (AvgIpc) is 3.67. The van der Waals surface area contributed by atoms with Crippen molar-refractivity contribution in [2.75, 3.05) is 42.6 Å². The van der Waals surface area contributed by atoms with Crippen molar-refractivity contribution < 1.29 is 23.9 Å². The van der Waals surface area contributed by atoms with Gasteiger partial charge in [0.05, 0.1) is 28.9 Å². The summed E-state index contributed by atoms with van der Waals surface area (Å²) in [6.45, 7) is 21.6. The number of nitrogens with zero attached hydrogens (tertiary/aromatic N) is 3.